The van der Waals surface area contributed by atoms with E-state index >= 15 is 0 Å². The zero-order chi connectivity index (χ0) is 20.1. The van der Waals surface area contributed by atoms with Gasteiger partial charge in [-0.1, -0.05) is 54.1 Å². The molecule has 2 aromatic rings. The van der Waals surface area contributed by atoms with Crippen LogP contribution < -0.4 is 0 Å². The molecular weight excluding hydrogens is 382 g/mol. The molecule has 0 unspecified atom stereocenters. The monoisotopic (exact) mass is 411 g/mol. The summed E-state index contributed by atoms with van der Waals surface area (Å²) in [5, 5.41) is 0.780. The van der Waals surface area contributed by atoms with Gasteiger partial charge in [0.15, 0.2) is 0 Å². The van der Waals surface area contributed by atoms with Crippen LogP contribution in [0, 0.1) is 5.92 Å². The lowest BCUT2D eigenvalue weighted by Crippen LogP contribution is -2.51. The Morgan fingerprint density at radius 1 is 0.759 bits per heavy atom. The van der Waals surface area contributed by atoms with Gasteiger partial charge in [-0.25, -0.2) is 0 Å². The van der Waals surface area contributed by atoms with Crippen LogP contribution in [0.1, 0.15) is 24.0 Å². The number of hydrogen-bond acceptors (Lipinski definition) is 3. The Morgan fingerprint density at radius 3 is 1.93 bits per heavy atom. The molecule has 2 fully saturated rings. The molecule has 0 saturated carbocycles. The van der Waals surface area contributed by atoms with Crippen LogP contribution in [0.2, 0.25) is 5.02 Å². The SMILES string of the molecule is O=C(C1CCN(Cc2ccc(Cl)cc2)CC1)N1CCN(Cc2ccccc2)CC1. The molecule has 4 nitrogen and oxygen atoms in total. The summed E-state index contributed by atoms with van der Waals surface area (Å²) >= 11 is 5.97. The Kier molecular flexibility index (Phi) is 6.86. The van der Waals surface area contributed by atoms with E-state index in [1.807, 2.05) is 12.1 Å². The van der Waals surface area contributed by atoms with Crippen LogP contribution in [0.4, 0.5) is 0 Å². The first-order valence-electron chi connectivity index (χ1n) is 10.7. The van der Waals surface area contributed by atoms with Gasteiger partial charge in [0.1, 0.15) is 0 Å². The molecule has 2 saturated heterocycles. The van der Waals surface area contributed by atoms with Crippen molar-refractivity contribution < 1.29 is 4.79 Å². The third-order valence-corrected chi connectivity index (χ3v) is 6.44. The molecule has 4 rings (SSSR count). The van der Waals surface area contributed by atoms with Crippen LogP contribution in [0.5, 0.6) is 0 Å². The lowest BCUT2D eigenvalue weighted by Gasteiger charge is -2.38. The standard InChI is InChI=1S/C24H30ClN3O/c25-23-8-6-21(7-9-23)19-26-12-10-22(11-13-26)24(29)28-16-14-27(15-17-28)18-20-4-2-1-3-5-20/h1-9,22H,10-19H2. The first-order valence-corrected chi connectivity index (χ1v) is 11.1. The third kappa shape index (κ3) is 5.59. The van der Waals surface area contributed by atoms with Crippen molar-refractivity contribution in [1.29, 1.82) is 0 Å². The Labute approximate surface area is 179 Å². The van der Waals surface area contributed by atoms with Crippen molar-refractivity contribution in [2.75, 3.05) is 39.3 Å². The lowest BCUT2D eigenvalue weighted by atomic mass is 9.94. The van der Waals surface area contributed by atoms with Gasteiger partial charge in [0, 0.05) is 50.2 Å². The summed E-state index contributed by atoms with van der Waals surface area (Å²) in [7, 11) is 0. The number of piperidine rings is 1. The number of amides is 1. The van der Waals surface area contributed by atoms with Gasteiger partial charge in [0.05, 0.1) is 0 Å². The molecule has 154 valence electrons. The fraction of sp³-hybridized carbons (Fsp3) is 0.458. The number of benzene rings is 2. The maximum absolute atomic E-state index is 13.0. The number of carbonyl (C=O) groups is 1. The summed E-state index contributed by atoms with van der Waals surface area (Å²) < 4.78 is 0. The molecule has 0 atom stereocenters. The zero-order valence-corrected chi connectivity index (χ0v) is 17.7. The van der Waals surface area contributed by atoms with Crippen molar-refractivity contribution >= 4 is 17.5 Å². The molecule has 2 aromatic carbocycles. The highest BCUT2D eigenvalue weighted by Crippen LogP contribution is 2.22. The molecule has 2 aliphatic rings. The quantitative estimate of drug-likeness (QED) is 0.746. The van der Waals surface area contributed by atoms with Crippen molar-refractivity contribution in [3.05, 3.63) is 70.7 Å². The topological polar surface area (TPSA) is 26.8 Å². The second-order valence-electron chi connectivity index (χ2n) is 8.26. The van der Waals surface area contributed by atoms with Gasteiger partial charge >= 0.3 is 0 Å². The van der Waals surface area contributed by atoms with E-state index in [-0.39, 0.29) is 5.92 Å². The number of rotatable bonds is 5. The highest BCUT2D eigenvalue weighted by atomic mass is 35.5. The predicted octanol–water partition coefficient (Wildman–Crippen LogP) is 3.90. The van der Waals surface area contributed by atoms with E-state index in [2.05, 4.69) is 57.2 Å². The maximum Gasteiger partial charge on any atom is 0.225 e. The molecule has 2 heterocycles. The zero-order valence-electron chi connectivity index (χ0n) is 17.0. The molecular formula is C24H30ClN3O. The minimum atomic E-state index is 0.192. The Hall–Kier alpha value is -1.88. The maximum atomic E-state index is 13.0. The number of halogens is 1. The summed E-state index contributed by atoms with van der Waals surface area (Å²) in [4.78, 5) is 20.0. The van der Waals surface area contributed by atoms with E-state index < -0.39 is 0 Å². The second kappa shape index (κ2) is 9.75. The average molecular weight is 412 g/mol. The largest absolute Gasteiger partial charge is 0.340 e. The normalized spacial score (nSPS) is 19.4. The Balaban J connectivity index is 1.20. The second-order valence-corrected chi connectivity index (χ2v) is 8.70. The van der Waals surface area contributed by atoms with E-state index in [1.165, 1.54) is 11.1 Å². The van der Waals surface area contributed by atoms with Gasteiger partial charge in [-0.3, -0.25) is 14.6 Å². The minimum Gasteiger partial charge on any atom is -0.340 e. The first-order chi connectivity index (χ1) is 14.2. The fourth-order valence-electron chi connectivity index (χ4n) is 4.41. The number of hydrogen-bond donors (Lipinski definition) is 0. The lowest BCUT2D eigenvalue weighted by molar-refractivity contribution is -0.139. The Bertz CT molecular complexity index is 780. The number of likely N-dealkylation sites (tertiary alicyclic amines) is 1. The van der Waals surface area contributed by atoms with Crippen LogP contribution in [-0.2, 0) is 17.9 Å². The third-order valence-electron chi connectivity index (χ3n) is 6.19. The van der Waals surface area contributed by atoms with Crippen LogP contribution in [0.15, 0.2) is 54.6 Å². The van der Waals surface area contributed by atoms with Gasteiger partial charge in [-0.2, -0.15) is 0 Å². The highest BCUT2D eigenvalue weighted by molar-refractivity contribution is 6.30. The summed E-state index contributed by atoms with van der Waals surface area (Å²) in [6.07, 6.45) is 1.94. The smallest absolute Gasteiger partial charge is 0.225 e. The van der Waals surface area contributed by atoms with Crippen molar-refractivity contribution in [2.45, 2.75) is 25.9 Å². The van der Waals surface area contributed by atoms with E-state index in [4.69, 9.17) is 11.6 Å². The molecule has 0 spiro atoms. The van der Waals surface area contributed by atoms with E-state index in [0.29, 0.717) is 5.91 Å². The van der Waals surface area contributed by atoms with Gasteiger partial charge in [-0.05, 0) is 49.2 Å². The van der Waals surface area contributed by atoms with Gasteiger partial charge in [-0.15, -0.1) is 0 Å². The summed E-state index contributed by atoms with van der Waals surface area (Å²) in [6, 6.07) is 18.7. The number of carbonyl (C=O) groups excluding carboxylic acids is 1. The minimum absolute atomic E-state index is 0.192. The van der Waals surface area contributed by atoms with Crippen LogP contribution in [0.3, 0.4) is 0 Å². The fourth-order valence-corrected chi connectivity index (χ4v) is 4.54. The molecule has 29 heavy (non-hydrogen) atoms. The number of nitrogens with zero attached hydrogens (tertiary/aromatic N) is 3. The summed E-state index contributed by atoms with van der Waals surface area (Å²) in [5.74, 6) is 0.563. The van der Waals surface area contributed by atoms with Crippen LogP contribution >= 0.6 is 11.6 Å². The van der Waals surface area contributed by atoms with Crippen LogP contribution in [-0.4, -0.2) is 59.9 Å². The average Bonchev–Trinajstić information content (AvgIpc) is 2.77. The first kappa shape index (κ1) is 20.4. The molecule has 0 N–H and O–H groups in total. The van der Waals surface area contributed by atoms with Gasteiger partial charge in [0.2, 0.25) is 5.91 Å². The summed E-state index contributed by atoms with van der Waals surface area (Å²) in [5.41, 5.74) is 2.63. The van der Waals surface area contributed by atoms with E-state index in [0.717, 1.165) is 70.2 Å². The highest BCUT2D eigenvalue weighted by Gasteiger charge is 2.30. The molecule has 0 bridgehead atoms. The van der Waals surface area contributed by atoms with Crippen molar-refractivity contribution in [3.8, 4) is 0 Å². The molecule has 0 aliphatic carbocycles. The molecule has 0 aromatic heterocycles. The van der Waals surface area contributed by atoms with Gasteiger partial charge in [0.25, 0.3) is 0 Å². The van der Waals surface area contributed by atoms with Crippen LogP contribution in [0.25, 0.3) is 0 Å². The van der Waals surface area contributed by atoms with Crippen molar-refractivity contribution in [3.63, 3.8) is 0 Å². The van der Waals surface area contributed by atoms with Crippen molar-refractivity contribution in [2.24, 2.45) is 5.92 Å². The Morgan fingerprint density at radius 2 is 1.31 bits per heavy atom. The molecule has 2 aliphatic heterocycles. The molecule has 5 heteroatoms. The molecule has 1 amide bonds. The number of piperazine rings is 1. The van der Waals surface area contributed by atoms with Gasteiger partial charge < -0.3 is 4.90 Å². The summed E-state index contributed by atoms with van der Waals surface area (Å²) in [6.45, 7) is 7.56. The van der Waals surface area contributed by atoms with Crippen molar-refractivity contribution in [1.82, 2.24) is 14.7 Å². The van der Waals surface area contributed by atoms with E-state index in [1.54, 1.807) is 0 Å². The predicted molar refractivity (Wildman–Crippen MR) is 118 cm³/mol. The molecule has 0 radical (unpaired) electrons. The van der Waals surface area contributed by atoms with E-state index in [9.17, 15) is 4.79 Å².